The molecule has 1 unspecified atom stereocenters. The fourth-order valence-corrected chi connectivity index (χ4v) is 4.95. The number of H-pyrrole nitrogens is 1. The van der Waals surface area contributed by atoms with Crippen molar-refractivity contribution in [3.8, 4) is 11.4 Å². The Labute approximate surface area is 192 Å². The number of hydrogen-bond donors (Lipinski definition) is 1. The molecule has 0 spiro atoms. The van der Waals surface area contributed by atoms with Crippen LogP contribution in [-0.4, -0.2) is 37.6 Å². The zero-order valence-electron chi connectivity index (χ0n) is 18.7. The van der Waals surface area contributed by atoms with Crippen LogP contribution < -0.4 is 5.56 Å². The van der Waals surface area contributed by atoms with Crippen LogP contribution in [0.15, 0.2) is 71.9 Å². The van der Waals surface area contributed by atoms with Gasteiger partial charge in [0.25, 0.3) is 5.56 Å². The highest BCUT2D eigenvalue weighted by molar-refractivity contribution is 5.74. The maximum atomic E-state index is 12.9. The Hall–Kier alpha value is -3.74. The van der Waals surface area contributed by atoms with Crippen LogP contribution in [0, 0.1) is 0 Å². The first-order chi connectivity index (χ1) is 15.9. The molecule has 168 valence electrons. The van der Waals surface area contributed by atoms with E-state index in [0.29, 0.717) is 24.2 Å². The van der Waals surface area contributed by atoms with Crippen LogP contribution in [0.25, 0.3) is 17.0 Å². The van der Waals surface area contributed by atoms with Crippen LogP contribution in [0.1, 0.15) is 50.3 Å². The van der Waals surface area contributed by atoms with Gasteiger partial charge in [0.2, 0.25) is 0 Å². The Morgan fingerprint density at radius 3 is 2.55 bits per heavy atom. The van der Waals surface area contributed by atoms with Crippen molar-refractivity contribution in [2.24, 2.45) is 0 Å². The molecule has 1 saturated heterocycles. The van der Waals surface area contributed by atoms with Crippen molar-refractivity contribution >= 4 is 11.7 Å². The summed E-state index contributed by atoms with van der Waals surface area (Å²) in [6.45, 7) is 3.92. The van der Waals surface area contributed by atoms with Crippen LogP contribution in [0.2, 0.25) is 0 Å². The van der Waals surface area contributed by atoms with E-state index >= 15 is 0 Å². The topological polar surface area (TPSA) is 88.2 Å². The molecular formula is C26H26N4O3. The van der Waals surface area contributed by atoms with Crippen molar-refractivity contribution in [3.63, 3.8) is 0 Å². The van der Waals surface area contributed by atoms with Crippen molar-refractivity contribution in [3.05, 3.63) is 88.6 Å². The predicted octanol–water partition coefficient (Wildman–Crippen LogP) is 4.74. The molecule has 2 aliphatic rings. The largest absolute Gasteiger partial charge is 0.441 e. The molecule has 33 heavy (non-hydrogen) atoms. The second-order valence-corrected chi connectivity index (χ2v) is 9.05. The second kappa shape index (κ2) is 8.31. The van der Waals surface area contributed by atoms with Gasteiger partial charge in [0.15, 0.2) is 5.82 Å². The van der Waals surface area contributed by atoms with E-state index in [0.717, 1.165) is 23.1 Å². The van der Waals surface area contributed by atoms with Crippen LogP contribution in [-0.2, 0) is 4.74 Å². The molecule has 1 aliphatic carbocycles. The number of cyclic esters (lactones) is 1. The SMILES string of the molecule is CC1(C)OC(=O)N([C@@H]2CC=C(c3cc(-c4ncccn4)c[nH]c3=O)CC2)C1c1ccccc1. The summed E-state index contributed by atoms with van der Waals surface area (Å²) < 4.78 is 5.77. The highest BCUT2D eigenvalue weighted by atomic mass is 16.6. The molecule has 5 rings (SSSR count). The lowest BCUT2D eigenvalue weighted by Crippen LogP contribution is -2.41. The molecule has 0 bridgehead atoms. The summed E-state index contributed by atoms with van der Waals surface area (Å²) in [6, 6.07) is 13.5. The number of carbonyl (C=O) groups excluding carboxylic acids is 1. The number of aromatic nitrogens is 3. The number of nitrogens with one attached hydrogen (secondary N) is 1. The van der Waals surface area contributed by atoms with Gasteiger partial charge in [0.1, 0.15) is 5.60 Å². The molecule has 7 heteroatoms. The minimum Gasteiger partial charge on any atom is -0.441 e. The van der Waals surface area contributed by atoms with E-state index in [9.17, 15) is 9.59 Å². The molecule has 3 heterocycles. The second-order valence-electron chi connectivity index (χ2n) is 9.05. The van der Waals surface area contributed by atoms with Gasteiger partial charge in [0.05, 0.1) is 6.04 Å². The fourth-order valence-electron chi connectivity index (χ4n) is 4.95. The smallest absolute Gasteiger partial charge is 0.411 e. The number of hydrogen-bond acceptors (Lipinski definition) is 5. The van der Waals surface area contributed by atoms with Gasteiger partial charge in [-0.15, -0.1) is 0 Å². The molecule has 1 amide bonds. The maximum Gasteiger partial charge on any atom is 0.411 e. The lowest BCUT2D eigenvalue weighted by atomic mass is 9.86. The molecule has 1 aliphatic heterocycles. The lowest BCUT2D eigenvalue weighted by molar-refractivity contribution is 0.0668. The van der Waals surface area contributed by atoms with E-state index in [1.54, 1.807) is 24.7 Å². The number of benzene rings is 1. The van der Waals surface area contributed by atoms with Gasteiger partial charge in [-0.2, -0.15) is 0 Å². The Morgan fingerprint density at radius 1 is 1.09 bits per heavy atom. The third-order valence-electron chi connectivity index (χ3n) is 6.46. The molecule has 7 nitrogen and oxygen atoms in total. The molecule has 0 saturated carbocycles. The van der Waals surface area contributed by atoms with Crippen LogP contribution in [0.4, 0.5) is 4.79 Å². The molecule has 2 atom stereocenters. The van der Waals surface area contributed by atoms with E-state index < -0.39 is 5.60 Å². The maximum absolute atomic E-state index is 12.9. The number of carbonyl (C=O) groups is 1. The predicted molar refractivity (Wildman–Crippen MR) is 125 cm³/mol. The quantitative estimate of drug-likeness (QED) is 0.631. The first-order valence-electron chi connectivity index (χ1n) is 11.2. The average molecular weight is 443 g/mol. The molecule has 1 aromatic carbocycles. The molecule has 0 radical (unpaired) electrons. The van der Waals surface area contributed by atoms with Crippen LogP contribution >= 0.6 is 0 Å². The highest BCUT2D eigenvalue weighted by Gasteiger charge is 2.51. The van der Waals surface area contributed by atoms with Crippen molar-refractivity contribution in [2.75, 3.05) is 0 Å². The Morgan fingerprint density at radius 2 is 1.85 bits per heavy atom. The number of nitrogens with zero attached hydrogens (tertiary/aromatic N) is 3. The minimum atomic E-state index is -0.621. The number of rotatable bonds is 4. The zero-order chi connectivity index (χ0) is 23.0. The van der Waals surface area contributed by atoms with Gasteiger partial charge in [-0.3, -0.25) is 9.69 Å². The summed E-state index contributed by atoms with van der Waals surface area (Å²) in [7, 11) is 0. The van der Waals surface area contributed by atoms with Crippen LogP contribution in [0.3, 0.4) is 0 Å². The van der Waals surface area contributed by atoms with Crippen molar-refractivity contribution in [1.82, 2.24) is 19.9 Å². The van der Waals surface area contributed by atoms with Gasteiger partial charge in [0, 0.05) is 35.8 Å². The molecule has 3 aromatic rings. The van der Waals surface area contributed by atoms with Crippen LogP contribution in [0.5, 0.6) is 0 Å². The standard InChI is InChI=1S/C26H26N4O3/c1-26(2)22(18-7-4-3-5-8-18)30(25(32)33-26)20-11-9-17(10-12-20)21-15-19(16-29-24(21)31)23-27-13-6-14-28-23/h3-9,13-16,20,22H,10-12H2,1-2H3,(H,29,31)/t20-,22?/m1/s1. The summed E-state index contributed by atoms with van der Waals surface area (Å²) in [6.07, 6.45) is 8.90. The van der Waals surface area contributed by atoms with E-state index in [1.165, 1.54) is 0 Å². The van der Waals surface area contributed by atoms with Crippen molar-refractivity contribution in [1.29, 1.82) is 0 Å². The number of amides is 1. The zero-order valence-corrected chi connectivity index (χ0v) is 18.7. The van der Waals surface area contributed by atoms with Gasteiger partial charge in [-0.05, 0) is 56.4 Å². The highest BCUT2D eigenvalue weighted by Crippen LogP contribution is 2.44. The third kappa shape index (κ3) is 3.95. The number of allylic oxidation sites excluding steroid dienone is 1. The Bertz CT molecular complexity index is 1250. The number of aromatic amines is 1. The summed E-state index contributed by atoms with van der Waals surface area (Å²) in [5.74, 6) is 0.567. The average Bonchev–Trinajstić information content (AvgIpc) is 3.08. The summed E-state index contributed by atoms with van der Waals surface area (Å²) in [5.41, 5.74) is 2.68. The summed E-state index contributed by atoms with van der Waals surface area (Å²) in [4.78, 5) is 38.7. The first kappa shape index (κ1) is 21.1. The van der Waals surface area contributed by atoms with Gasteiger partial charge >= 0.3 is 6.09 Å². The van der Waals surface area contributed by atoms with Gasteiger partial charge in [-0.1, -0.05) is 36.4 Å². The van der Waals surface area contributed by atoms with E-state index in [1.807, 2.05) is 55.1 Å². The Kier molecular flexibility index (Phi) is 5.32. The summed E-state index contributed by atoms with van der Waals surface area (Å²) in [5, 5.41) is 0. The molecule has 1 fully saturated rings. The summed E-state index contributed by atoms with van der Waals surface area (Å²) >= 11 is 0. The third-order valence-corrected chi connectivity index (χ3v) is 6.46. The van der Waals surface area contributed by atoms with E-state index in [-0.39, 0.29) is 23.7 Å². The van der Waals surface area contributed by atoms with E-state index in [4.69, 9.17) is 4.74 Å². The number of ether oxygens (including phenoxy) is 1. The monoisotopic (exact) mass is 442 g/mol. The first-order valence-corrected chi connectivity index (χ1v) is 11.2. The minimum absolute atomic E-state index is 0.00736. The van der Waals surface area contributed by atoms with Crippen molar-refractivity contribution in [2.45, 2.75) is 50.8 Å². The van der Waals surface area contributed by atoms with E-state index in [2.05, 4.69) is 21.0 Å². The molecule has 2 aromatic heterocycles. The van der Waals surface area contributed by atoms with Gasteiger partial charge in [-0.25, -0.2) is 14.8 Å². The number of pyridine rings is 1. The normalized spacial score (nSPS) is 22.1. The van der Waals surface area contributed by atoms with Crippen molar-refractivity contribution < 1.29 is 9.53 Å². The fraction of sp³-hybridized carbons (Fsp3) is 0.308. The molecule has 1 N–H and O–H groups in total. The van der Waals surface area contributed by atoms with Gasteiger partial charge < -0.3 is 9.72 Å². The lowest BCUT2D eigenvalue weighted by Gasteiger charge is -2.36. The Balaban J connectivity index is 1.42. The molecular weight excluding hydrogens is 416 g/mol.